The largest absolute Gasteiger partial charge is 0.484 e. The van der Waals surface area contributed by atoms with Gasteiger partial charge in [0.2, 0.25) is 0 Å². The predicted molar refractivity (Wildman–Crippen MR) is 77.1 cm³/mol. The van der Waals surface area contributed by atoms with Gasteiger partial charge in [0.25, 0.3) is 5.91 Å². The standard InChI is InChI=1S/C16H14FNO4/c17-13-5-1-11(2-6-13)9-18-15(19)10-22-14-7-3-12(4-8-14)16(20)21/h1-8H,9-10H2,(H,18,19)(H,20,21). The van der Waals surface area contributed by atoms with E-state index in [4.69, 9.17) is 9.84 Å². The van der Waals surface area contributed by atoms with Gasteiger partial charge in [-0.05, 0) is 42.0 Å². The summed E-state index contributed by atoms with van der Waals surface area (Å²) in [6, 6.07) is 11.6. The molecule has 2 rings (SSSR count). The Hall–Kier alpha value is -2.89. The third-order valence-electron chi connectivity index (χ3n) is 2.87. The van der Waals surface area contributed by atoms with E-state index in [1.54, 1.807) is 12.1 Å². The van der Waals surface area contributed by atoms with Crippen LogP contribution in [0.1, 0.15) is 15.9 Å². The molecule has 0 aromatic heterocycles. The predicted octanol–water partition coefficient (Wildman–Crippen LogP) is 2.22. The van der Waals surface area contributed by atoms with Gasteiger partial charge < -0.3 is 15.2 Å². The minimum Gasteiger partial charge on any atom is -0.484 e. The molecule has 5 nitrogen and oxygen atoms in total. The van der Waals surface area contributed by atoms with Crippen molar-refractivity contribution in [2.45, 2.75) is 6.54 Å². The highest BCUT2D eigenvalue weighted by atomic mass is 19.1. The molecule has 0 fully saturated rings. The van der Waals surface area contributed by atoms with E-state index in [2.05, 4.69) is 5.32 Å². The molecule has 0 spiro atoms. The summed E-state index contributed by atoms with van der Waals surface area (Å²) < 4.78 is 18.0. The fourth-order valence-corrected chi connectivity index (χ4v) is 1.70. The van der Waals surface area contributed by atoms with Crippen LogP contribution in [0.4, 0.5) is 4.39 Å². The van der Waals surface area contributed by atoms with Gasteiger partial charge in [0.15, 0.2) is 6.61 Å². The zero-order chi connectivity index (χ0) is 15.9. The first-order chi connectivity index (χ1) is 10.5. The molecular weight excluding hydrogens is 289 g/mol. The van der Waals surface area contributed by atoms with E-state index in [0.717, 1.165) is 5.56 Å². The lowest BCUT2D eigenvalue weighted by Gasteiger charge is -2.08. The molecule has 0 aliphatic rings. The molecule has 0 saturated carbocycles. The number of carbonyl (C=O) groups excluding carboxylic acids is 1. The van der Waals surface area contributed by atoms with Crippen LogP contribution in [0.3, 0.4) is 0 Å². The molecule has 2 aromatic rings. The van der Waals surface area contributed by atoms with Gasteiger partial charge in [-0.2, -0.15) is 0 Å². The van der Waals surface area contributed by atoms with Crippen molar-refractivity contribution in [2.24, 2.45) is 0 Å². The maximum absolute atomic E-state index is 12.7. The molecule has 0 radical (unpaired) electrons. The summed E-state index contributed by atoms with van der Waals surface area (Å²) in [6.45, 7) is 0.0913. The van der Waals surface area contributed by atoms with Crippen LogP contribution in [-0.2, 0) is 11.3 Å². The number of aromatic carboxylic acids is 1. The van der Waals surface area contributed by atoms with E-state index in [0.29, 0.717) is 5.75 Å². The number of carbonyl (C=O) groups is 2. The maximum atomic E-state index is 12.7. The zero-order valence-corrected chi connectivity index (χ0v) is 11.6. The van der Waals surface area contributed by atoms with Gasteiger partial charge in [-0.1, -0.05) is 12.1 Å². The molecule has 114 valence electrons. The quantitative estimate of drug-likeness (QED) is 0.858. The van der Waals surface area contributed by atoms with E-state index in [9.17, 15) is 14.0 Å². The van der Waals surface area contributed by atoms with Gasteiger partial charge in [-0.25, -0.2) is 9.18 Å². The summed E-state index contributed by atoms with van der Waals surface area (Å²) in [6.07, 6.45) is 0. The van der Waals surface area contributed by atoms with Crippen molar-refractivity contribution in [2.75, 3.05) is 6.61 Å². The van der Waals surface area contributed by atoms with E-state index in [1.165, 1.54) is 36.4 Å². The lowest BCUT2D eigenvalue weighted by Crippen LogP contribution is -2.28. The van der Waals surface area contributed by atoms with Crippen LogP contribution < -0.4 is 10.1 Å². The van der Waals surface area contributed by atoms with Crippen LogP contribution in [0.25, 0.3) is 0 Å². The SMILES string of the molecule is O=C(COc1ccc(C(=O)O)cc1)NCc1ccc(F)cc1. The molecule has 0 bridgehead atoms. The monoisotopic (exact) mass is 303 g/mol. The first-order valence-corrected chi connectivity index (χ1v) is 6.52. The van der Waals surface area contributed by atoms with Gasteiger partial charge in [0, 0.05) is 6.54 Å². The molecule has 0 aliphatic carbocycles. The summed E-state index contributed by atoms with van der Waals surface area (Å²) in [4.78, 5) is 22.3. The minimum absolute atomic E-state index is 0.146. The number of carboxylic acid groups (broad SMARTS) is 1. The Labute approximate surface area is 126 Å². The molecule has 6 heteroatoms. The normalized spacial score (nSPS) is 10.0. The molecule has 2 N–H and O–H groups in total. The smallest absolute Gasteiger partial charge is 0.335 e. The summed E-state index contributed by atoms with van der Waals surface area (Å²) in [5, 5.41) is 11.4. The summed E-state index contributed by atoms with van der Waals surface area (Å²) in [7, 11) is 0. The molecule has 0 heterocycles. The highest BCUT2D eigenvalue weighted by Crippen LogP contribution is 2.12. The Morgan fingerprint density at radius 1 is 1.05 bits per heavy atom. The van der Waals surface area contributed by atoms with Crippen molar-refractivity contribution in [1.82, 2.24) is 5.32 Å². The van der Waals surface area contributed by atoms with Gasteiger partial charge in [0.1, 0.15) is 11.6 Å². The molecule has 0 aliphatic heterocycles. The topological polar surface area (TPSA) is 75.6 Å². The average Bonchev–Trinajstić information content (AvgIpc) is 2.52. The number of carboxylic acids is 1. The van der Waals surface area contributed by atoms with Crippen LogP contribution in [0.5, 0.6) is 5.75 Å². The third-order valence-corrected chi connectivity index (χ3v) is 2.87. The van der Waals surface area contributed by atoms with Crippen molar-refractivity contribution in [3.8, 4) is 5.75 Å². The van der Waals surface area contributed by atoms with Crippen LogP contribution in [-0.4, -0.2) is 23.6 Å². The second-order valence-electron chi connectivity index (χ2n) is 4.52. The second kappa shape index (κ2) is 7.21. The van der Waals surface area contributed by atoms with Crippen molar-refractivity contribution in [1.29, 1.82) is 0 Å². The lowest BCUT2D eigenvalue weighted by atomic mass is 10.2. The Kier molecular flexibility index (Phi) is 5.08. The molecule has 22 heavy (non-hydrogen) atoms. The lowest BCUT2D eigenvalue weighted by molar-refractivity contribution is -0.123. The van der Waals surface area contributed by atoms with E-state index < -0.39 is 5.97 Å². The first kappa shape index (κ1) is 15.5. The highest BCUT2D eigenvalue weighted by Gasteiger charge is 2.05. The number of hydrogen-bond donors (Lipinski definition) is 2. The number of ether oxygens (including phenoxy) is 1. The van der Waals surface area contributed by atoms with Crippen molar-refractivity contribution in [3.63, 3.8) is 0 Å². The second-order valence-corrected chi connectivity index (χ2v) is 4.52. The average molecular weight is 303 g/mol. The number of nitrogens with one attached hydrogen (secondary N) is 1. The fourth-order valence-electron chi connectivity index (χ4n) is 1.70. The molecular formula is C16H14FNO4. The van der Waals surface area contributed by atoms with Crippen molar-refractivity contribution < 1.29 is 23.8 Å². The molecule has 1 amide bonds. The molecule has 0 unspecified atom stereocenters. The number of rotatable bonds is 6. The van der Waals surface area contributed by atoms with E-state index in [1.807, 2.05) is 0 Å². The molecule has 0 saturated heterocycles. The number of halogens is 1. The summed E-state index contributed by atoms with van der Waals surface area (Å²) >= 11 is 0. The highest BCUT2D eigenvalue weighted by molar-refractivity contribution is 5.87. The third kappa shape index (κ3) is 4.59. The Morgan fingerprint density at radius 3 is 2.27 bits per heavy atom. The van der Waals surface area contributed by atoms with Crippen LogP contribution in [0.15, 0.2) is 48.5 Å². The van der Waals surface area contributed by atoms with Crippen LogP contribution in [0.2, 0.25) is 0 Å². The minimum atomic E-state index is -1.02. The van der Waals surface area contributed by atoms with Gasteiger partial charge in [0.05, 0.1) is 5.56 Å². The van der Waals surface area contributed by atoms with E-state index >= 15 is 0 Å². The number of amides is 1. The van der Waals surface area contributed by atoms with Crippen molar-refractivity contribution in [3.05, 3.63) is 65.5 Å². The summed E-state index contributed by atoms with van der Waals surface area (Å²) in [5.74, 6) is -1.28. The fraction of sp³-hybridized carbons (Fsp3) is 0.125. The Bertz CT molecular complexity index is 653. The van der Waals surface area contributed by atoms with Gasteiger partial charge in [-0.15, -0.1) is 0 Å². The molecule has 0 atom stereocenters. The van der Waals surface area contributed by atoms with Crippen molar-refractivity contribution >= 4 is 11.9 Å². The maximum Gasteiger partial charge on any atom is 0.335 e. The number of hydrogen-bond acceptors (Lipinski definition) is 3. The van der Waals surface area contributed by atoms with Gasteiger partial charge >= 0.3 is 5.97 Å². The van der Waals surface area contributed by atoms with Crippen LogP contribution >= 0.6 is 0 Å². The van der Waals surface area contributed by atoms with E-state index in [-0.39, 0.29) is 30.4 Å². The Balaban J connectivity index is 1.77. The first-order valence-electron chi connectivity index (χ1n) is 6.52. The van der Waals surface area contributed by atoms with Crippen LogP contribution in [0, 0.1) is 5.82 Å². The zero-order valence-electron chi connectivity index (χ0n) is 11.6. The number of benzene rings is 2. The Morgan fingerprint density at radius 2 is 1.68 bits per heavy atom. The molecule has 2 aromatic carbocycles. The summed E-state index contributed by atoms with van der Waals surface area (Å²) in [5.41, 5.74) is 0.925. The van der Waals surface area contributed by atoms with Gasteiger partial charge in [-0.3, -0.25) is 4.79 Å².